The third-order valence-electron chi connectivity index (χ3n) is 6.27. The molecule has 0 aliphatic carbocycles. The second-order valence-electron chi connectivity index (χ2n) is 8.58. The molecule has 0 saturated heterocycles. The summed E-state index contributed by atoms with van der Waals surface area (Å²) >= 11 is 0. The summed E-state index contributed by atoms with van der Waals surface area (Å²) in [6.07, 6.45) is 3.00. The topological polar surface area (TPSA) is 53.6 Å². The minimum atomic E-state index is 0.501. The Labute approximate surface area is 194 Å². The van der Waals surface area contributed by atoms with Gasteiger partial charge in [0, 0.05) is 23.1 Å². The Morgan fingerprint density at radius 3 is 2.42 bits per heavy atom. The van der Waals surface area contributed by atoms with Crippen molar-refractivity contribution in [2.24, 2.45) is 0 Å². The number of hydrogen-bond acceptors (Lipinski definition) is 3. The SMILES string of the molecule is Cc1n[nH]c2ccc(-c3cc(NCCC(C)c4ccccc4)cnc3-c3ccccc3)cc12. The number of pyridine rings is 1. The number of H-pyrrole nitrogens is 1. The third-order valence-corrected chi connectivity index (χ3v) is 6.27. The summed E-state index contributed by atoms with van der Waals surface area (Å²) in [6.45, 7) is 5.20. The lowest BCUT2D eigenvalue weighted by Crippen LogP contribution is -2.06. The molecule has 0 radical (unpaired) electrons. The van der Waals surface area contributed by atoms with Crippen LogP contribution in [0.15, 0.2) is 91.1 Å². The minimum Gasteiger partial charge on any atom is -0.384 e. The predicted molar refractivity (Wildman–Crippen MR) is 137 cm³/mol. The number of aromatic amines is 1. The maximum Gasteiger partial charge on any atom is 0.0781 e. The van der Waals surface area contributed by atoms with Crippen molar-refractivity contribution in [2.45, 2.75) is 26.2 Å². The average Bonchev–Trinajstić information content (AvgIpc) is 3.25. The van der Waals surface area contributed by atoms with Crippen LogP contribution in [0.1, 0.15) is 30.5 Å². The van der Waals surface area contributed by atoms with Crippen LogP contribution in [-0.4, -0.2) is 21.7 Å². The highest BCUT2D eigenvalue weighted by molar-refractivity contribution is 5.90. The van der Waals surface area contributed by atoms with E-state index in [2.05, 4.69) is 101 Å². The van der Waals surface area contributed by atoms with Gasteiger partial charge in [0.05, 0.1) is 28.8 Å². The number of benzene rings is 3. The summed E-state index contributed by atoms with van der Waals surface area (Å²) in [5, 5.41) is 12.2. The Hall–Kier alpha value is -3.92. The number of hydrogen-bond donors (Lipinski definition) is 2. The van der Waals surface area contributed by atoms with Crippen LogP contribution in [0.3, 0.4) is 0 Å². The van der Waals surface area contributed by atoms with Gasteiger partial charge in [-0.25, -0.2) is 0 Å². The van der Waals surface area contributed by atoms with Crippen molar-refractivity contribution in [3.63, 3.8) is 0 Å². The molecular weight excluding hydrogens is 404 g/mol. The highest BCUT2D eigenvalue weighted by atomic mass is 15.1. The molecule has 1 atom stereocenters. The van der Waals surface area contributed by atoms with Crippen molar-refractivity contribution in [1.29, 1.82) is 0 Å². The fourth-order valence-corrected chi connectivity index (χ4v) is 4.30. The molecule has 4 heteroatoms. The van der Waals surface area contributed by atoms with Gasteiger partial charge in [0.25, 0.3) is 0 Å². The molecule has 1 unspecified atom stereocenters. The monoisotopic (exact) mass is 432 g/mol. The zero-order chi connectivity index (χ0) is 22.6. The van der Waals surface area contributed by atoms with Crippen LogP contribution in [-0.2, 0) is 0 Å². The molecular formula is C29H28N4. The summed E-state index contributed by atoms with van der Waals surface area (Å²) in [5.41, 5.74) is 8.82. The largest absolute Gasteiger partial charge is 0.384 e. The van der Waals surface area contributed by atoms with Gasteiger partial charge in [-0.05, 0) is 48.6 Å². The second-order valence-corrected chi connectivity index (χ2v) is 8.58. The van der Waals surface area contributed by atoms with Gasteiger partial charge in [-0.2, -0.15) is 5.10 Å². The first-order valence-corrected chi connectivity index (χ1v) is 11.5. The van der Waals surface area contributed by atoms with E-state index in [1.54, 1.807) is 0 Å². The normalized spacial score (nSPS) is 12.1. The number of anilines is 1. The molecule has 0 spiro atoms. The Morgan fingerprint density at radius 1 is 0.879 bits per heavy atom. The number of rotatable bonds is 7. The van der Waals surface area contributed by atoms with Crippen molar-refractivity contribution in [3.05, 3.63) is 102 Å². The quantitative estimate of drug-likeness (QED) is 0.286. The molecule has 0 aliphatic rings. The molecule has 164 valence electrons. The first-order valence-electron chi connectivity index (χ1n) is 11.5. The van der Waals surface area contributed by atoms with Gasteiger partial charge < -0.3 is 5.32 Å². The minimum absolute atomic E-state index is 0.501. The molecule has 0 amide bonds. The Kier molecular flexibility index (Phi) is 5.90. The van der Waals surface area contributed by atoms with Gasteiger partial charge >= 0.3 is 0 Å². The van der Waals surface area contributed by atoms with Crippen molar-refractivity contribution in [3.8, 4) is 22.4 Å². The lowest BCUT2D eigenvalue weighted by Gasteiger charge is -2.15. The molecule has 5 rings (SSSR count). The molecule has 0 aliphatic heterocycles. The Morgan fingerprint density at radius 2 is 1.64 bits per heavy atom. The average molecular weight is 433 g/mol. The van der Waals surface area contributed by atoms with Crippen molar-refractivity contribution in [2.75, 3.05) is 11.9 Å². The maximum absolute atomic E-state index is 4.89. The molecule has 2 heterocycles. The van der Waals surface area contributed by atoms with Crippen LogP contribution in [0, 0.1) is 6.92 Å². The molecule has 0 bridgehead atoms. The third kappa shape index (κ3) is 4.51. The molecule has 33 heavy (non-hydrogen) atoms. The second kappa shape index (κ2) is 9.29. The summed E-state index contributed by atoms with van der Waals surface area (Å²) in [6, 6.07) is 29.7. The van der Waals surface area contributed by atoms with Gasteiger partial charge in [-0.15, -0.1) is 0 Å². The van der Waals surface area contributed by atoms with Gasteiger partial charge in [-0.3, -0.25) is 10.1 Å². The van der Waals surface area contributed by atoms with E-state index in [1.807, 2.05) is 19.2 Å². The van der Waals surface area contributed by atoms with E-state index in [9.17, 15) is 0 Å². The van der Waals surface area contributed by atoms with Crippen molar-refractivity contribution in [1.82, 2.24) is 15.2 Å². The number of nitrogens with zero attached hydrogens (tertiary/aromatic N) is 2. The first kappa shape index (κ1) is 21.0. The summed E-state index contributed by atoms with van der Waals surface area (Å²) in [7, 11) is 0. The van der Waals surface area contributed by atoms with Gasteiger partial charge in [0.15, 0.2) is 0 Å². The molecule has 2 aromatic heterocycles. The van der Waals surface area contributed by atoms with Crippen LogP contribution in [0.2, 0.25) is 0 Å². The maximum atomic E-state index is 4.89. The van der Waals surface area contributed by atoms with E-state index in [0.717, 1.165) is 57.6 Å². The molecule has 0 fully saturated rings. The van der Waals surface area contributed by atoms with Crippen LogP contribution < -0.4 is 5.32 Å². The van der Waals surface area contributed by atoms with Crippen LogP contribution >= 0.6 is 0 Å². The van der Waals surface area contributed by atoms with Gasteiger partial charge in [-0.1, -0.05) is 73.7 Å². The lowest BCUT2D eigenvalue weighted by molar-refractivity contribution is 0.706. The highest BCUT2D eigenvalue weighted by Crippen LogP contribution is 2.34. The number of nitrogens with one attached hydrogen (secondary N) is 2. The fraction of sp³-hybridized carbons (Fsp3) is 0.172. The van der Waals surface area contributed by atoms with E-state index in [4.69, 9.17) is 4.98 Å². The Bertz CT molecular complexity index is 1360. The van der Waals surface area contributed by atoms with Gasteiger partial charge in [0.1, 0.15) is 0 Å². The van der Waals surface area contributed by atoms with Crippen molar-refractivity contribution < 1.29 is 0 Å². The number of aryl methyl sites for hydroxylation is 1. The first-order chi connectivity index (χ1) is 16.2. The van der Waals surface area contributed by atoms with E-state index in [0.29, 0.717) is 5.92 Å². The number of fused-ring (bicyclic) bond motifs is 1. The number of aromatic nitrogens is 3. The van der Waals surface area contributed by atoms with E-state index in [1.165, 1.54) is 5.56 Å². The van der Waals surface area contributed by atoms with E-state index in [-0.39, 0.29) is 0 Å². The van der Waals surface area contributed by atoms with Crippen LogP contribution in [0.25, 0.3) is 33.3 Å². The zero-order valence-electron chi connectivity index (χ0n) is 19.0. The highest BCUT2D eigenvalue weighted by Gasteiger charge is 2.13. The smallest absolute Gasteiger partial charge is 0.0781 e. The van der Waals surface area contributed by atoms with E-state index < -0.39 is 0 Å². The van der Waals surface area contributed by atoms with Crippen LogP contribution in [0.5, 0.6) is 0 Å². The molecule has 2 N–H and O–H groups in total. The zero-order valence-corrected chi connectivity index (χ0v) is 19.0. The van der Waals surface area contributed by atoms with Crippen LogP contribution in [0.4, 0.5) is 5.69 Å². The van der Waals surface area contributed by atoms with Crippen molar-refractivity contribution >= 4 is 16.6 Å². The molecule has 4 nitrogen and oxygen atoms in total. The fourth-order valence-electron chi connectivity index (χ4n) is 4.30. The summed E-state index contributed by atoms with van der Waals surface area (Å²) in [4.78, 5) is 4.89. The molecule has 5 aromatic rings. The summed E-state index contributed by atoms with van der Waals surface area (Å²) in [5.74, 6) is 0.501. The predicted octanol–water partition coefficient (Wildman–Crippen LogP) is 7.21. The molecule has 3 aromatic carbocycles. The van der Waals surface area contributed by atoms with E-state index >= 15 is 0 Å². The standard InChI is InChI=1S/C29H28N4/c1-20(22-9-5-3-6-10-22)15-16-30-25-18-27(29(31-19-25)23-11-7-4-8-12-23)24-13-14-28-26(17-24)21(2)32-33-28/h3-14,17-20,30H,15-16H2,1-2H3,(H,32,33). The summed E-state index contributed by atoms with van der Waals surface area (Å²) < 4.78 is 0. The molecule has 0 saturated carbocycles. The Balaban J connectivity index is 1.45. The lowest BCUT2D eigenvalue weighted by atomic mass is 9.97. The van der Waals surface area contributed by atoms with Gasteiger partial charge in [0.2, 0.25) is 0 Å².